The van der Waals surface area contributed by atoms with Gasteiger partial charge in [0.2, 0.25) is 0 Å². The first-order valence-corrected chi connectivity index (χ1v) is 10.8. The van der Waals surface area contributed by atoms with Gasteiger partial charge in [-0.15, -0.1) is 0 Å². The van der Waals surface area contributed by atoms with Gasteiger partial charge in [-0.05, 0) is 47.9 Å². The number of pyridine rings is 1. The summed E-state index contributed by atoms with van der Waals surface area (Å²) in [5.41, 5.74) is 7.57. The number of aromatic nitrogens is 1. The van der Waals surface area contributed by atoms with Crippen molar-refractivity contribution < 1.29 is 8.42 Å². The summed E-state index contributed by atoms with van der Waals surface area (Å²) >= 11 is 12.3. The van der Waals surface area contributed by atoms with Gasteiger partial charge < -0.3 is 5.73 Å². The zero-order valence-corrected chi connectivity index (χ0v) is 17.3. The minimum Gasteiger partial charge on any atom is -0.397 e. The molecule has 0 saturated carbocycles. The van der Waals surface area contributed by atoms with Crippen LogP contribution in [-0.4, -0.2) is 13.4 Å². The monoisotopic (exact) mass is 443 g/mol. The highest BCUT2D eigenvalue weighted by molar-refractivity contribution is 7.92. The molecule has 0 unspecified atom stereocenters. The van der Waals surface area contributed by atoms with Crippen molar-refractivity contribution >= 4 is 55.4 Å². The van der Waals surface area contributed by atoms with E-state index in [0.29, 0.717) is 27.0 Å². The summed E-state index contributed by atoms with van der Waals surface area (Å²) < 4.78 is 28.1. The highest BCUT2D eigenvalue weighted by Gasteiger charge is 2.17. The van der Waals surface area contributed by atoms with Gasteiger partial charge in [0.1, 0.15) is 0 Å². The van der Waals surface area contributed by atoms with E-state index in [1.807, 2.05) is 30.3 Å². The predicted octanol–water partition coefficient (Wildman–Crippen LogP) is 5.59. The number of anilines is 2. The van der Waals surface area contributed by atoms with Gasteiger partial charge in [0, 0.05) is 22.8 Å². The minimum atomic E-state index is -3.86. The highest BCUT2D eigenvalue weighted by atomic mass is 35.5. The fourth-order valence-electron chi connectivity index (χ4n) is 3.01. The number of benzene rings is 3. The molecule has 4 aromatic rings. The van der Waals surface area contributed by atoms with Gasteiger partial charge in [0.15, 0.2) is 0 Å². The standard InChI is InChI=1S/C21H15Cl2N3O2S/c22-18-7-5-14(26-29(27,28)15-6-8-19(23)20(24)12-15)11-17(18)21-16-4-2-1-3-13(16)9-10-25-21/h1-12,26H,24H2. The summed E-state index contributed by atoms with van der Waals surface area (Å²) in [6, 6.07) is 18.7. The van der Waals surface area contributed by atoms with Gasteiger partial charge >= 0.3 is 0 Å². The van der Waals surface area contributed by atoms with E-state index < -0.39 is 10.0 Å². The maximum absolute atomic E-state index is 12.8. The molecule has 8 heteroatoms. The van der Waals surface area contributed by atoms with Crippen molar-refractivity contribution in [2.75, 3.05) is 10.5 Å². The quantitative estimate of drug-likeness (QED) is 0.402. The van der Waals surface area contributed by atoms with Crippen molar-refractivity contribution in [1.82, 2.24) is 4.98 Å². The van der Waals surface area contributed by atoms with Crippen LogP contribution in [0.2, 0.25) is 10.0 Å². The Morgan fingerprint density at radius 1 is 0.897 bits per heavy atom. The van der Waals surface area contributed by atoms with E-state index in [0.717, 1.165) is 10.8 Å². The summed E-state index contributed by atoms with van der Waals surface area (Å²) in [6.07, 6.45) is 1.70. The van der Waals surface area contributed by atoms with Crippen LogP contribution in [0.3, 0.4) is 0 Å². The number of hydrogen-bond acceptors (Lipinski definition) is 4. The first kappa shape index (κ1) is 19.5. The predicted molar refractivity (Wildman–Crippen MR) is 119 cm³/mol. The van der Waals surface area contributed by atoms with Crippen LogP contribution in [0.1, 0.15) is 0 Å². The Bertz CT molecular complexity index is 1340. The van der Waals surface area contributed by atoms with Crippen molar-refractivity contribution in [3.63, 3.8) is 0 Å². The molecule has 4 rings (SSSR count). The van der Waals surface area contributed by atoms with Crippen molar-refractivity contribution in [2.24, 2.45) is 0 Å². The zero-order valence-electron chi connectivity index (χ0n) is 14.9. The Hall–Kier alpha value is -2.80. The first-order chi connectivity index (χ1) is 13.8. The molecule has 0 fully saturated rings. The highest BCUT2D eigenvalue weighted by Crippen LogP contribution is 2.34. The second-order valence-corrected chi connectivity index (χ2v) is 8.86. The summed E-state index contributed by atoms with van der Waals surface area (Å²) in [7, 11) is -3.86. The number of hydrogen-bond donors (Lipinski definition) is 2. The number of nitrogens with one attached hydrogen (secondary N) is 1. The molecule has 0 radical (unpaired) electrons. The van der Waals surface area contributed by atoms with Crippen LogP contribution in [0.15, 0.2) is 77.8 Å². The molecule has 0 bridgehead atoms. The number of fused-ring (bicyclic) bond motifs is 1. The van der Waals surface area contributed by atoms with Crippen molar-refractivity contribution in [3.05, 3.63) is 83.0 Å². The molecule has 29 heavy (non-hydrogen) atoms. The molecule has 0 amide bonds. The molecule has 146 valence electrons. The SMILES string of the molecule is Nc1cc(S(=O)(=O)Nc2ccc(Cl)c(-c3nccc4ccccc34)c2)ccc1Cl. The Balaban J connectivity index is 1.76. The van der Waals surface area contributed by atoms with E-state index in [-0.39, 0.29) is 10.6 Å². The van der Waals surface area contributed by atoms with E-state index in [1.54, 1.807) is 24.4 Å². The number of nitrogens with zero attached hydrogens (tertiary/aromatic N) is 1. The Labute approximate surface area is 178 Å². The summed E-state index contributed by atoms with van der Waals surface area (Å²) in [5.74, 6) is 0. The Kier molecular flexibility index (Phi) is 5.08. The molecule has 1 heterocycles. The third kappa shape index (κ3) is 3.87. The van der Waals surface area contributed by atoms with E-state index in [2.05, 4.69) is 9.71 Å². The van der Waals surface area contributed by atoms with E-state index in [1.165, 1.54) is 18.2 Å². The van der Waals surface area contributed by atoms with Crippen LogP contribution in [0.5, 0.6) is 0 Å². The van der Waals surface area contributed by atoms with E-state index in [4.69, 9.17) is 28.9 Å². The lowest BCUT2D eigenvalue weighted by atomic mass is 10.0. The fourth-order valence-corrected chi connectivity index (χ4v) is 4.42. The van der Waals surface area contributed by atoms with Gasteiger partial charge in [-0.3, -0.25) is 9.71 Å². The van der Waals surface area contributed by atoms with Gasteiger partial charge in [-0.25, -0.2) is 8.42 Å². The molecule has 0 spiro atoms. The van der Waals surface area contributed by atoms with Crippen LogP contribution in [0.25, 0.3) is 22.0 Å². The number of nitrogen functional groups attached to an aromatic ring is 1. The van der Waals surface area contributed by atoms with Crippen LogP contribution in [0.4, 0.5) is 11.4 Å². The smallest absolute Gasteiger partial charge is 0.261 e. The minimum absolute atomic E-state index is 0.0131. The van der Waals surface area contributed by atoms with Gasteiger partial charge in [-0.2, -0.15) is 0 Å². The van der Waals surface area contributed by atoms with Gasteiger partial charge in [-0.1, -0.05) is 47.5 Å². The summed E-state index contributed by atoms with van der Waals surface area (Å²) in [5, 5.41) is 2.69. The number of rotatable bonds is 4. The second-order valence-electron chi connectivity index (χ2n) is 6.36. The van der Waals surface area contributed by atoms with Crippen LogP contribution >= 0.6 is 23.2 Å². The van der Waals surface area contributed by atoms with Crippen LogP contribution in [-0.2, 0) is 10.0 Å². The van der Waals surface area contributed by atoms with E-state index >= 15 is 0 Å². The maximum Gasteiger partial charge on any atom is 0.261 e. The molecule has 3 aromatic carbocycles. The lowest BCUT2D eigenvalue weighted by molar-refractivity contribution is 0.601. The molecule has 5 nitrogen and oxygen atoms in total. The third-order valence-corrected chi connectivity index (χ3v) is 6.48. The lowest BCUT2D eigenvalue weighted by Crippen LogP contribution is -2.13. The average molecular weight is 444 g/mol. The van der Waals surface area contributed by atoms with Gasteiger partial charge in [0.05, 0.1) is 26.3 Å². The fraction of sp³-hybridized carbons (Fsp3) is 0. The molecule has 1 aromatic heterocycles. The van der Waals surface area contributed by atoms with Crippen molar-refractivity contribution in [3.8, 4) is 11.3 Å². The molecule has 0 aliphatic carbocycles. The number of nitrogens with two attached hydrogens (primary N) is 1. The largest absolute Gasteiger partial charge is 0.397 e. The van der Waals surface area contributed by atoms with Crippen LogP contribution in [0, 0.1) is 0 Å². The molecule has 0 atom stereocenters. The normalized spacial score (nSPS) is 11.5. The molecular formula is C21H15Cl2N3O2S. The number of sulfonamides is 1. The summed E-state index contributed by atoms with van der Waals surface area (Å²) in [4.78, 5) is 4.48. The average Bonchev–Trinajstić information content (AvgIpc) is 2.71. The van der Waals surface area contributed by atoms with E-state index in [9.17, 15) is 8.42 Å². The zero-order chi connectivity index (χ0) is 20.6. The van der Waals surface area contributed by atoms with Gasteiger partial charge in [0.25, 0.3) is 10.0 Å². The molecule has 0 aliphatic rings. The first-order valence-electron chi connectivity index (χ1n) is 8.57. The molecule has 3 N–H and O–H groups in total. The maximum atomic E-state index is 12.8. The summed E-state index contributed by atoms with van der Waals surface area (Å²) in [6.45, 7) is 0. The topological polar surface area (TPSA) is 85.1 Å². The lowest BCUT2D eigenvalue weighted by Gasteiger charge is -2.12. The Morgan fingerprint density at radius 2 is 1.66 bits per heavy atom. The van der Waals surface area contributed by atoms with Crippen molar-refractivity contribution in [1.29, 1.82) is 0 Å². The second kappa shape index (κ2) is 7.55. The molecule has 0 saturated heterocycles. The molecule has 0 aliphatic heterocycles. The Morgan fingerprint density at radius 3 is 2.45 bits per heavy atom. The van der Waals surface area contributed by atoms with Crippen LogP contribution < -0.4 is 10.5 Å². The number of halogens is 2. The third-order valence-electron chi connectivity index (χ3n) is 4.43. The van der Waals surface area contributed by atoms with Crippen molar-refractivity contribution in [2.45, 2.75) is 4.90 Å². The molecular weight excluding hydrogens is 429 g/mol.